The van der Waals surface area contributed by atoms with Crippen molar-refractivity contribution >= 4 is 17.7 Å². The molecule has 0 radical (unpaired) electrons. The van der Waals surface area contributed by atoms with E-state index in [1.165, 1.54) is 0 Å². The standard InChI is InChI=1S/C14H16N2O/c1-10(2)14(17)9-11-3-5-12(6-4-11)13-7-8-15-16-13/h3-6,8,10H,7,9H2,1-2H3. The van der Waals surface area contributed by atoms with Gasteiger partial charge in [-0.2, -0.15) is 10.2 Å². The maximum absolute atomic E-state index is 11.6. The van der Waals surface area contributed by atoms with Crippen LogP contribution >= 0.6 is 0 Å². The highest BCUT2D eigenvalue weighted by atomic mass is 16.1. The van der Waals surface area contributed by atoms with Gasteiger partial charge in [0.15, 0.2) is 0 Å². The lowest BCUT2D eigenvalue weighted by molar-refractivity contribution is -0.121. The number of carbonyl (C=O) groups excluding carboxylic acids is 1. The van der Waals surface area contributed by atoms with Crippen LogP contribution in [0.15, 0.2) is 34.5 Å². The van der Waals surface area contributed by atoms with Crippen LogP contribution in [0.25, 0.3) is 0 Å². The molecule has 0 fully saturated rings. The Labute approximate surface area is 101 Å². The lowest BCUT2D eigenvalue weighted by atomic mass is 9.99. The zero-order valence-electron chi connectivity index (χ0n) is 10.2. The number of carbonyl (C=O) groups is 1. The van der Waals surface area contributed by atoms with Gasteiger partial charge < -0.3 is 0 Å². The quantitative estimate of drug-likeness (QED) is 0.781. The lowest BCUT2D eigenvalue weighted by Gasteiger charge is -2.05. The number of hydrogen-bond acceptors (Lipinski definition) is 3. The van der Waals surface area contributed by atoms with Crippen LogP contribution in [-0.4, -0.2) is 17.7 Å². The molecule has 0 saturated carbocycles. The molecule has 2 rings (SSSR count). The number of Topliss-reactive ketones (excluding diaryl/α,β-unsaturated/α-hetero) is 1. The molecule has 0 aromatic heterocycles. The summed E-state index contributed by atoms with van der Waals surface area (Å²) in [5, 5.41) is 7.89. The number of benzene rings is 1. The van der Waals surface area contributed by atoms with E-state index < -0.39 is 0 Å². The summed E-state index contributed by atoms with van der Waals surface area (Å²) in [6.07, 6.45) is 3.11. The molecule has 0 amide bonds. The van der Waals surface area contributed by atoms with Crippen molar-refractivity contribution in [2.75, 3.05) is 0 Å². The molecule has 0 unspecified atom stereocenters. The minimum Gasteiger partial charge on any atom is -0.299 e. The van der Waals surface area contributed by atoms with Crippen LogP contribution in [-0.2, 0) is 11.2 Å². The first-order chi connectivity index (χ1) is 8.16. The van der Waals surface area contributed by atoms with Crippen molar-refractivity contribution in [3.63, 3.8) is 0 Å². The van der Waals surface area contributed by atoms with Crippen LogP contribution in [0.1, 0.15) is 31.4 Å². The van der Waals surface area contributed by atoms with Crippen LogP contribution in [0.2, 0.25) is 0 Å². The van der Waals surface area contributed by atoms with Crippen molar-refractivity contribution in [1.29, 1.82) is 0 Å². The summed E-state index contributed by atoms with van der Waals surface area (Å²) in [6.45, 7) is 3.86. The van der Waals surface area contributed by atoms with Crippen molar-refractivity contribution in [1.82, 2.24) is 0 Å². The van der Waals surface area contributed by atoms with Crippen molar-refractivity contribution in [3.8, 4) is 0 Å². The Balaban J connectivity index is 2.05. The first-order valence-corrected chi connectivity index (χ1v) is 5.87. The van der Waals surface area contributed by atoms with E-state index in [0.717, 1.165) is 23.3 Å². The molecule has 1 aromatic rings. The first-order valence-electron chi connectivity index (χ1n) is 5.87. The molecule has 3 nitrogen and oxygen atoms in total. The zero-order chi connectivity index (χ0) is 12.3. The summed E-state index contributed by atoms with van der Waals surface area (Å²) in [5.74, 6) is 0.376. The third-order valence-electron chi connectivity index (χ3n) is 2.85. The third-order valence-corrected chi connectivity index (χ3v) is 2.85. The molecule has 0 atom stereocenters. The second kappa shape index (κ2) is 5.04. The van der Waals surface area contributed by atoms with Crippen LogP contribution in [0.3, 0.4) is 0 Å². The average molecular weight is 228 g/mol. The molecule has 17 heavy (non-hydrogen) atoms. The van der Waals surface area contributed by atoms with E-state index in [4.69, 9.17) is 0 Å². The SMILES string of the molecule is CC(C)C(=O)Cc1ccc(C2=NN=CC2)cc1. The van der Waals surface area contributed by atoms with Gasteiger partial charge in [-0.15, -0.1) is 0 Å². The Hall–Kier alpha value is -1.77. The fourth-order valence-corrected chi connectivity index (χ4v) is 1.67. The molecular formula is C14H16N2O. The highest BCUT2D eigenvalue weighted by Crippen LogP contribution is 2.12. The van der Waals surface area contributed by atoms with Gasteiger partial charge in [0, 0.05) is 25.0 Å². The Kier molecular flexibility index (Phi) is 3.47. The molecule has 0 bridgehead atoms. The van der Waals surface area contributed by atoms with Crippen molar-refractivity contribution < 1.29 is 4.79 Å². The molecular weight excluding hydrogens is 212 g/mol. The van der Waals surface area contributed by atoms with Gasteiger partial charge in [0.05, 0.1) is 5.71 Å². The second-order valence-electron chi connectivity index (χ2n) is 4.54. The van der Waals surface area contributed by atoms with E-state index >= 15 is 0 Å². The van der Waals surface area contributed by atoms with Gasteiger partial charge in [-0.25, -0.2) is 0 Å². The fraction of sp³-hybridized carbons (Fsp3) is 0.357. The van der Waals surface area contributed by atoms with Crippen LogP contribution in [0, 0.1) is 5.92 Å². The smallest absolute Gasteiger partial charge is 0.139 e. The third kappa shape index (κ3) is 2.87. The molecule has 0 aliphatic carbocycles. The molecule has 1 aliphatic heterocycles. The second-order valence-corrected chi connectivity index (χ2v) is 4.54. The molecule has 3 heteroatoms. The first kappa shape index (κ1) is 11.7. The van der Waals surface area contributed by atoms with Gasteiger partial charge in [0.1, 0.15) is 5.78 Å². The van der Waals surface area contributed by atoms with Gasteiger partial charge >= 0.3 is 0 Å². The van der Waals surface area contributed by atoms with E-state index in [-0.39, 0.29) is 11.7 Å². The van der Waals surface area contributed by atoms with Gasteiger partial charge in [0.25, 0.3) is 0 Å². The van der Waals surface area contributed by atoms with E-state index in [2.05, 4.69) is 10.2 Å². The monoisotopic (exact) mass is 228 g/mol. The van der Waals surface area contributed by atoms with Crippen LogP contribution in [0.5, 0.6) is 0 Å². The van der Waals surface area contributed by atoms with E-state index in [9.17, 15) is 4.79 Å². The minimum atomic E-state index is 0.0993. The van der Waals surface area contributed by atoms with Crippen molar-refractivity contribution in [2.24, 2.45) is 16.1 Å². The summed E-state index contributed by atoms with van der Waals surface area (Å²) in [7, 11) is 0. The van der Waals surface area contributed by atoms with Gasteiger partial charge in [-0.05, 0) is 11.1 Å². The van der Waals surface area contributed by atoms with Gasteiger partial charge in [-0.1, -0.05) is 38.1 Å². The maximum atomic E-state index is 11.6. The Morgan fingerprint density at radius 1 is 1.29 bits per heavy atom. The van der Waals surface area contributed by atoms with Crippen molar-refractivity contribution in [2.45, 2.75) is 26.7 Å². The fourth-order valence-electron chi connectivity index (χ4n) is 1.67. The Morgan fingerprint density at radius 2 is 2.00 bits per heavy atom. The molecule has 1 heterocycles. The highest BCUT2D eigenvalue weighted by molar-refractivity contribution is 6.09. The summed E-state index contributed by atoms with van der Waals surface area (Å²) < 4.78 is 0. The maximum Gasteiger partial charge on any atom is 0.139 e. The zero-order valence-corrected chi connectivity index (χ0v) is 10.2. The van der Waals surface area contributed by atoms with Crippen molar-refractivity contribution in [3.05, 3.63) is 35.4 Å². The molecule has 0 spiro atoms. The predicted molar refractivity (Wildman–Crippen MR) is 69.6 cm³/mol. The van der Waals surface area contributed by atoms with E-state index in [0.29, 0.717) is 6.42 Å². The largest absolute Gasteiger partial charge is 0.299 e. The number of nitrogens with zero attached hydrogens (tertiary/aromatic N) is 2. The molecule has 88 valence electrons. The number of hydrogen-bond donors (Lipinski definition) is 0. The van der Waals surface area contributed by atoms with Gasteiger partial charge in [0.2, 0.25) is 0 Å². The van der Waals surface area contributed by atoms with Crippen LogP contribution < -0.4 is 0 Å². The van der Waals surface area contributed by atoms with E-state index in [1.54, 1.807) is 6.21 Å². The number of rotatable bonds is 4. The average Bonchev–Trinajstić information content (AvgIpc) is 2.83. The highest BCUT2D eigenvalue weighted by Gasteiger charge is 2.09. The summed E-state index contributed by atoms with van der Waals surface area (Å²) in [6, 6.07) is 8.01. The predicted octanol–water partition coefficient (Wildman–Crippen LogP) is 2.63. The lowest BCUT2D eigenvalue weighted by Crippen LogP contribution is -2.10. The summed E-state index contributed by atoms with van der Waals surface area (Å²) in [4.78, 5) is 11.6. The minimum absolute atomic E-state index is 0.0993. The molecule has 1 aliphatic rings. The molecule has 1 aromatic carbocycles. The van der Waals surface area contributed by atoms with Crippen LogP contribution in [0.4, 0.5) is 0 Å². The summed E-state index contributed by atoms with van der Waals surface area (Å²) >= 11 is 0. The van der Waals surface area contributed by atoms with E-state index in [1.807, 2.05) is 38.1 Å². The van der Waals surface area contributed by atoms with Gasteiger partial charge in [-0.3, -0.25) is 4.79 Å². The molecule has 0 N–H and O–H groups in total. The normalized spacial score (nSPS) is 14.2. The topological polar surface area (TPSA) is 41.8 Å². The Morgan fingerprint density at radius 3 is 2.53 bits per heavy atom. The molecule has 0 saturated heterocycles. The summed E-state index contributed by atoms with van der Waals surface area (Å²) in [5.41, 5.74) is 3.14. The Bertz CT molecular complexity index is 470. The number of ketones is 1.